The Balaban J connectivity index is 2.36. The zero-order valence-electron chi connectivity index (χ0n) is 14.6. The molecule has 0 unspecified atom stereocenters. The van der Waals surface area contributed by atoms with Crippen LogP contribution >= 0.6 is 11.6 Å². The summed E-state index contributed by atoms with van der Waals surface area (Å²) in [5.74, 6) is -1.46. The lowest BCUT2D eigenvalue weighted by atomic mass is 10.1. The van der Waals surface area contributed by atoms with Crippen LogP contribution in [0.2, 0.25) is 5.02 Å². The van der Waals surface area contributed by atoms with E-state index in [1.165, 1.54) is 18.1 Å². The van der Waals surface area contributed by atoms with Crippen LogP contribution in [0.25, 0.3) is 0 Å². The lowest BCUT2D eigenvalue weighted by Gasteiger charge is -2.29. The molecule has 27 heavy (non-hydrogen) atoms. The average molecular weight is 412 g/mol. The first-order valence-electron chi connectivity index (χ1n) is 7.69. The number of ether oxygens (including phenoxy) is 2. The molecule has 2 aromatic rings. The second kappa shape index (κ2) is 6.86. The molecule has 0 bridgehead atoms. The van der Waals surface area contributed by atoms with Crippen molar-refractivity contribution in [3.05, 3.63) is 57.8 Å². The summed E-state index contributed by atoms with van der Waals surface area (Å²) < 4.78 is 49.3. The van der Waals surface area contributed by atoms with E-state index in [0.717, 1.165) is 25.4 Å². The summed E-state index contributed by atoms with van der Waals surface area (Å²) in [5.41, 5.74) is 1.31. The molecule has 9 heteroatoms. The molecular weight excluding hydrogens is 397 g/mol. The van der Waals surface area contributed by atoms with Gasteiger partial charge in [-0.05, 0) is 36.8 Å². The number of carbonyl (C=O) groups is 1. The zero-order valence-corrected chi connectivity index (χ0v) is 16.2. The van der Waals surface area contributed by atoms with Crippen LogP contribution in [0, 0.1) is 12.7 Å². The van der Waals surface area contributed by atoms with Crippen molar-refractivity contribution in [2.75, 3.05) is 19.1 Å². The third kappa shape index (κ3) is 3.15. The number of benzene rings is 2. The molecule has 0 atom stereocenters. The van der Waals surface area contributed by atoms with Crippen molar-refractivity contribution in [1.82, 2.24) is 0 Å². The number of halogens is 2. The minimum atomic E-state index is -4.26. The molecule has 1 aliphatic heterocycles. The molecule has 6 nitrogen and oxygen atoms in total. The fraction of sp³-hybridized carbons (Fsp3) is 0.167. The number of carbonyl (C=O) groups excluding carboxylic acids is 1. The Labute approximate surface area is 160 Å². The van der Waals surface area contributed by atoms with Gasteiger partial charge in [-0.25, -0.2) is 17.6 Å². The molecule has 0 saturated heterocycles. The van der Waals surface area contributed by atoms with E-state index in [1.807, 2.05) is 0 Å². The van der Waals surface area contributed by atoms with Gasteiger partial charge in [-0.15, -0.1) is 0 Å². The molecule has 0 radical (unpaired) electrons. The lowest BCUT2D eigenvalue weighted by Crippen LogP contribution is -2.26. The first-order valence-corrected chi connectivity index (χ1v) is 9.55. The molecule has 0 aliphatic carbocycles. The van der Waals surface area contributed by atoms with Gasteiger partial charge in [-0.1, -0.05) is 11.6 Å². The number of hydrogen-bond acceptors (Lipinski definition) is 6. The zero-order chi connectivity index (χ0) is 19.9. The van der Waals surface area contributed by atoms with Crippen LogP contribution in [0.1, 0.15) is 5.56 Å². The number of sulfone groups is 1. The number of nitrogens with zero attached hydrogens (tertiary/aromatic N) is 1. The topological polar surface area (TPSA) is 72.9 Å². The second-order valence-corrected chi connectivity index (χ2v) is 8.04. The summed E-state index contributed by atoms with van der Waals surface area (Å²) in [6.45, 7) is 1.77. The number of hydrogen-bond donors (Lipinski definition) is 0. The Bertz CT molecular complexity index is 1080. The van der Waals surface area contributed by atoms with Gasteiger partial charge >= 0.3 is 5.97 Å². The predicted molar refractivity (Wildman–Crippen MR) is 98.6 cm³/mol. The summed E-state index contributed by atoms with van der Waals surface area (Å²) in [4.78, 5) is 12.6. The quantitative estimate of drug-likeness (QED) is 0.716. The summed E-state index contributed by atoms with van der Waals surface area (Å²) in [6, 6.07) is 6.56. The fourth-order valence-electron chi connectivity index (χ4n) is 2.74. The van der Waals surface area contributed by atoms with Gasteiger partial charge in [0.2, 0.25) is 9.84 Å². The average Bonchev–Trinajstić information content (AvgIpc) is 2.63. The maximum Gasteiger partial charge on any atom is 0.351 e. The second-order valence-electron chi connectivity index (χ2n) is 5.74. The number of anilines is 2. The van der Waals surface area contributed by atoms with Crippen molar-refractivity contribution in [2.24, 2.45) is 0 Å². The predicted octanol–water partition coefficient (Wildman–Crippen LogP) is 3.74. The van der Waals surface area contributed by atoms with Gasteiger partial charge in [-0.3, -0.25) is 0 Å². The summed E-state index contributed by atoms with van der Waals surface area (Å²) >= 11 is 6.14. The molecule has 142 valence electrons. The standard InChI is InChI=1S/C18H15ClFNO5S/c1-10-6-14(15(25-2)8-12(10)19)21-9-17(18(22)26-3)27(23,24)16-7-11(20)4-5-13(16)21/h4-9H,1-3H3. The van der Waals surface area contributed by atoms with Gasteiger partial charge in [0.25, 0.3) is 0 Å². The highest BCUT2D eigenvalue weighted by molar-refractivity contribution is 7.96. The Morgan fingerprint density at radius 1 is 1.15 bits per heavy atom. The van der Waals surface area contributed by atoms with E-state index >= 15 is 0 Å². The molecule has 0 amide bonds. The van der Waals surface area contributed by atoms with Crippen molar-refractivity contribution in [3.8, 4) is 5.75 Å². The molecule has 1 heterocycles. The molecule has 2 aromatic carbocycles. The summed E-state index contributed by atoms with van der Waals surface area (Å²) in [5, 5.41) is 0.455. The highest BCUT2D eigenvalue weighted by atomic mass is 35.5. The molecule has 0 N–H and O–H groups in total. The van der Waals surface area contributed by atoms with E-state index in [9.17, 15) is 17.6 Å². The molecule has 0 saturated carbocycles. The van der Waals surface area contributed by atoms with Gasteiger partial charge < -0.3 is 14.4 Å². The highest BCUT2D eigenvalue weighted by Crippen LogP contribution is 2.44. The van der Waals surface area contributed by atoms with E-state index in [-0.39, 0.29) is 10.6 Å². The van der Waals surface area contributed by atoms with Gasteiger partial charge in [0.15, 0.2) is 4.91 Å². The van der Waals surface area contributed by atoms with E-state index in [0.29, 0.717) is 22.0 Å². The van der Waals surface area contributed by atoms with Gasteiger partial charge in [0.1, 0.15) is 11.6 Å². The minimum Gasteiger partial charge on any atom is -0.495 e. The molecule has 0 fully saturated rings. The molecule has 3 rings (SSSR count). The van der Waals surface area contributed by atoms with Gasteiger partial charge in [0.05, 0.1) is 30.5 Å². The smallest absolute Gasteiger partial charge is 0.351 e. The monoisotopic (exact) mass is 411 g/mol. The summed E-state index contributed by atoms with van der Waals surface area (Å²) in [6.07, 6.45) is 1.13. The van der Waals surface area contributed by atoms with Crippen molar-refractivity contribution in [2.45, 2.75) is 11.8 Å². The Morgan fingerprint density at radius 2 is 1.85 bits per heavy atom. The molecular formula is C18H15ClFNO5S. The number of aryl methyl sites for hydroxylation is 1. The maximum atomic E-state index is 13.8. The minimum absolute atomic E-state index is 0.170. The van der Waals surface area contributed by atoms with Crippen LogP contribution in [0.3, 0.4) is 0 Å². The molecule has 0 aromatic heterocycles. The van der Waals surface area contributed by atoms with Gasteiger partial charge in [0, 0.05) is 17.3 Å². The van der Waals surface area contributed by atoms with Gasteiger partial charge in [-0.2, -0.15) is 0 Å². The lowest BCUT2D eigenvalue weighted by molar-refractivity contribution is -0.135. The normalized spacial score (nSPS) is 15.0. The van der Waals surface area contributed by atoms with Crippen LogP contribution in [0.4, 0.5) is 15.8 Å². The van der Waals surface area contributed by atoms with Crippen molar-refractivity contribution >= 4 is 38.8 Å². The maximum absolute atomic E-state index is 13.8. The first kappa shape index (κ1) is 19.2. The first-order chi connectivity index (χ1) is 12.7. The third-order valence-electron chi connectivity index (χ3n) is 4.11. The Kier molecular flexibility index (Phi) is 4.88. The van der Waals surface area contributed by atoms with E-state index in [2.05, 4.69) is 4.74 Å². The molecule has 1 aliphatic rings. The third-order valence-corrected chi connectivity index (χ3v) is 6.28. The SMILES string of the molecule is COC(=O)C1=CN(c2cc(C)c(Cl)cc2OC)c2ccc(F)cc2S1(=O)=O. The van der Waals surface area contributed by atoms with Crippen LogP contribution in [-0.2, 0) is 19.4 Å². The highest BCUT2D eigenvalue weighted by Gasteiger charge is 2.37. The number of fused-ring (bicyclic) bond motifs is 1. The summed E-state index contributed by atoms with van der Waals surface area (Å²) in [7, 11) is -1.76. The van der Waals surface area contributed by atoms with E-state index in [1.54, 1.807) is 19.1 Å². The van der Waals surface area contributed by atoms with Crippen molar-refractivity contribution in [3.63, 3.8) is 0 Å². The van der Waals surface area contributed by atoms with E-state index in [4.69, 9.17) is 16.3 Å². The largest absolute Gasteiger partial charge is 0.495 e. The van der Waals surface area contributed by atoms with Crippen LogP contribution < -0.4 is 9.64 Å². The van der Waals surface area contributed by atoms with E-state index < -0.39 is 26.5 Å². The van der Waals surface area contributed by atoms with Crippen molar-refractivity contribution in [1.29, 1.82) is 0 Å². The fourth-order valence-corrected chi connectivity index (χ4v) is 4.39. The Hall–Kier alpha value is -2.58. The number of esters is 1. The number of methoxy groups -OCH3 is 2. The van der Waals surface area contributed by atoms with Crippen LogP contribution in [-0.4, -0.2) is 28.6 Å². The van der Waals surface area contributed by atoms with Crippen molar-refractivity contribution < 1.29 is 27.1 Å². The Morgan fingerprint density at radius 3 is 2.48 bits per heavy atom. The molecule has 0 spiro atoms. The van der Waals surface area contributed by atoms with Crippen LogP contribution in [0.15, 0.2) is 46.3 Å². The number of rotatable bonds is 3. The van der Waals surface area contributed by atoms with Crippen LogP contribution in [0.5, 0.6) is 5.75 Å².